The van der Waals surface area contributed by atoms with Crippen LogP contribution in [0.2, 0.25) is 5.02 Å². The molecule has 2 aliphatic rings. The third-order valence-electron chi connectivity index (χ3n) is 11.2. The summed E-state index contributed by atoms with van der Waals surface area (Å²) >= 11 is 6.50. The molecule has 0 aliphatic carbocycles. The van der Waals surface area contributed by atoms with Crippen molar-refractivity contribution in [3.8, 4) is 33.6 Å². The van der Waals surface area contributed by atoms with Gasteiger partial charge in [0.05, 0.1) is 50.1 Å². The molecule has 14 nitrogen and oxygen atoms in total. The van der Waals surface area contributed by atoms with E-state index < -0.39 is 18.2 Å². The summed E-state index contributed by atoms with van der Waals surface area (Å²) in [6.07, 6.45) is 7.18. The Labute approximate surface area is 357 Å². The lowest BCUT2D eigenvalue weighted by Crippen LogP contribution is -2.42. The summed E-state index contributed by atoms with van der Waals surface area (Å²) in [5.74, 6) is 0.983. The van der Waals surface area contributed by atoms with E-state index >= 15 is 0 Å². The molecule has 4 aromatic carbocycles. The number of carbonyl (C=O) groups excluding carboxylic acids is 3. The molecule has 0 spiro atoms. The minimum Gasteiger partial charge on any atom is -0.453 e. The Morgan fingerprint density at radius 1 is 0.738 bits per heavy atom. The average Bonchev–Trinajstić information content (AvgIpc) is 4.15. The number of hydrogen-bond acceptors (Lipinski definition) is 9. The number of H-pyrrole nitrogens is 2. The van der Waals surface area contributed by atoms with Crippen LogP contribution >= 0.6 is 11.6 Å². The number of halogens is 1. The van der Waals surface area contributed by atoms with Crippen LogP contribution in [0, 0.1) is 0 Å². The Morgan fingerprint density at radius 3 is 1.80 bits per heavy atom. The zero-order chi connectivity index (χ0) is 42.3. The Bertz CT molecular complexity index is 2490. The first-order valence-electron chi connectivity index (χ1n) is 20.1. The molecule has 15 heteroatoms. The second kappa shape index (κ2) is 18.7. The maximum atomic E-state index is 14.0. The second-order valence-corrected chi connectivity index (χ2v) is 15.2. The van der Waals surface area contributed by atoms with Crippen molar-refractivity contribution in [1.82, 2.24) is 35.1 Å². The van der Waals surface area contributed by atoms with Crippen LogP contribution in [-0.4, -0.2) is 81.4 Å². The van der Waals surface area contributed by atoms with E-state index in [1.165, 1.54) is 14.2 Å². The first-order valence-corrected chi connectivity index (χ1v) is 20.5. The van der Waals surface area contributed by atoms with Gasteiger partial charge in [-0.05, 0) is 59.6 Å². The van der Waals surface area contributed by atoms with Crippen molar-refractivity contribution >= 4 is 35.9 Å². The topological polar surface area (TPSA) is 167 Å². The van der Waals surface area contributed by atoms with Gasteiger partial charge in [0.2, 0.25) is 6.40 Å². The van der Waals surface area contributed by atoms with Crippen LogP contribution in [0.1, 0.15) is 72.6 Å². The highest BCUT2D eigenvalue weighted by atomic mass is 35.5. The van der Waals surface area contributed by atoms with Crippen LogP contribution in [0.3, 0.4) is 0 Å². The van der Waals surface area contributed by atoms with E-state index in [1.54, 1.807) is 34.3 Å². The molecule has 3 amide bonds. The zero-order valence-corrected chi connectivity index (χ0v) is 34.4. The quantitative estimate of drug-likeness (QED) is 0.0450. The Balaban J connectivity index is 0.930. The molecule has 6 aromatic rings. The molecule has 0 saturated carbocycles. The van der Waals surface area contributed by atoms with Crippen molar-refractivity contribution in [1.29, 1.82) is 0 Å². The van der Waals surface area contributed by atoms with Gasteiger partial charge in [0.25, 0.3) is 11.8 Å². The Kier molecular flexibility index (Phi) is 12.5. The summed E-state index contributed by atoms with van der Waals surface area (Å²) in [5.41, 5.74) is 6.96. The van der Waals surface area contributed by atoms with E-state index in [0.717, 1.165) is 65.7 Å². The molecule has 4 heterocycles. The van der Waals surface area contributed by atoms with Crippen LogP contribution < -0.4 is 5.32 Å². The fraction of sp³-hybridized carbons (Fsp3) is 0.261. The zero-order valence-electron chi connectivity index (χ0n) is 33.7. The molecular formula is C46H45ClN8O6. The maximum Gasteiger partial charge on any atom is 0.407 e. The van der Waals surface area contributed by atoms with Gasteiger partial charge in [-0.3, -0.25) is 9.59 Å². The van der Waals surface area contributed by atoms with Gasteiger partial charge < -0.3 is 34.7 Å². The van der Waals surface area contributed by atoms with Gasteiger partial charge in [-0.15, -0.1) is 0 Å². The number of alkyl carbamates (subject to hydrolysis) is 1. The number of carbonyl (C=O) groups is 3. The van der Waals surface area contributed by atoms with Gasteiger partial charge >= 0.3 is 6.09 Å². The van der Waals surface area contributed by atoms with E-state index in [0.29, 0.717) is 40.9 Å². The summed E-state index contributed by atoms with van der Waals surface area (Å²) in [4.78, 5) is 73.9. The molecule has 2 aliphatic heterocycles. The summed E-state index contributed by atoms with van der Waals surface area (Å²) in [5, 5.41) is 3.15. The average molecular weight is 841 g/mol. The predicted octanol–water partition coefficient (Wildman–Crippen LogP) is 8.56. The number of methoxy groups -OCH3 is 1. The fourth-order valence-corrected chi connectivity index (χ4v) is 8.39. The van der Waals surface area contributed by atoms with E-state index in [1.807, 2.05) is 54.6 Å². The van der Waals surface area contributed by atoms with Gasteiger partial charge in [0.1, 0.15) is 17.7 Å². The van der Waals surface area contributed by atoms with Gasteiger partial charge in [-0.1, -0.05) is 109 Å². The third kappa shape index (κ3) is 8.91. The molecule has 312 valence electrons. The largest absolute Gasteiger partial charge is 0.453 e. The van der Waals surface area contributed by atoms with Gasteiger partial charge in [-0.2, -0.15) is 4.89 Å². The molecule has 4 atom stereocenters. The fourth-order valence-electron chi connectivity index (χ4n) is 8.15. The van der Waals surface area contributed by atoms with Crippen molar-refractivity contribution in [2.75, 3.05) is 27.3 Å². The van der Waals surface area contributed by atoms with Gasteiger partial charge in [0.15, 0.2) is 6.04 Å². The van der Waals surface area contributed by atoms with E-state index in [-0.39, 0.29) is 23.9 Å². The van der Waals surface area contributed by atoms with Crippen LogP contribution in [0.4, 0.5) is 4.79 Å². The highest BCUT2D eigenvalue weighted by Crippen LogP contribution is 2.37. The summed E-state index contributed by atoms with van der Waals surface area (Å²) in [7, 11) is 2.64. The molecule has 2 saturated heterocycles. The van der Waals surface area contributed by atoms with Crippen LogP contribution in [0.15, 0.2) is 121 Å². The van der Waals surface area contributed by atoms with Crippen molar-refractivity contribution < 1.29 is 28.9 Å². The first-order chi connectivity index (χ1) is 29.8. The standard InChI is InChI=1S/C46H45ClN8O6/c1-59-46(58)53-40(33-10-4-3-5-11-33)44(56)54-24-8-14-38(54)42-48-26-36(51-42)31-20-16-29(17-21-31)30-18-22-32(23-19-30)37-27-49-43(52-37)39-15-9-25-55(39)45(57)41(50-28-61-60-2)34-12-6-7-13-35(34)47/h3-7,10-13,16-23,26-28,38-41H,8-9,14-15,24-25H2,1-2H3,(H,48,51)(H,49,52)(H,53,58)/t38-,39-,40+,41+/m0/s1. The molecule has 61 heavy (non-hydrogen) atoms. The molecule has 2 aromatic heterocycles. The minimum atomic E-state index is -0.907. The minimum absolute atomic E-state index is 0.205. The number of aromatic nitrogens is 4. The number of nitrogens with one attached hydrogen (secondary N) is 3. The SMILES string of the molecule is COOC=N[C@@H](C(=O)N1CCC[C@H]1c1ncc(-c2ccc(-c3ccc(-c4cnc([C@@H]5CCCN5C(=O)[C@H](NC(=O)OC)c5ccccc5)[nH]4)cc3)cc2)[nH]1)c1ccccc1Cl. The van der Waals surface area contributed by atoms with Crippen LogP contribution in [-0.2, 0) is 24.1 Å². The number of imidazole rings is 2. The molecule has 0 radical (unpaired) electrons. The van der Waals surface area contributed by atoms with Crippen LogP contribution in [0.5, 0.6) is 0 Å². The van der Waals surface area contributed by atoms with E-state index in [2.05, 4.69) is 61.6 Å². The lowest BCUT2D eigenvalue weighted by Gasteiger charge is -2.28. The highest BCUT2D eigenvalue weighted by molar-refractivity contribution is 6.31. The van der Waals surface area contributed by atoms with Crippen molar-refractivity contribution in [2.24, 2.45) is 4.99 Å². The van der Waals surface area contributed by atoms with Gasteiger partial charge in [0, 0.05) is 23.7 Å². The summed E-state index contributed by atoms with van der Waals surface area (Å²) < 4.78 is 4.83. The second-order valence-electron chi connectivity index (χ2n) is 14.8. The number of hydrogen-bond donors (Lipinski definition) is 3. The maximum absolute atomic E-state index is 14.0. The number of amides is 3. The number of benzene rings is 4. The Morgan fingerprint density at radius 2 is 1.26 bits per heavy atom. The summed E-state index contributed by atoms with van der Waals surface area (Å²) in [6, 6.07) is 30.5. The van der Waals surface area contributed by atoms with Gasteiger partial charge in [-0.25, -0.2) is 19.8 Å². The number of nitrogens with zero attached hydrogens (tertiary/aromatic N) is 5. The molecule has 0 unspecified atom stereocenters. The third-order valence-corrected chi connectivity index (χ3v) is 11.6. The van der Waals surface area contributed by atoms with Crippen LogP contribution in [0.25, 0.3) is 33.6 Å². The molecule has 8 rings (SSSR count). The smallest absolute Gasteiger partial charge is 0.407 e. The van der Waals surface area contributed by atoms with Crippen molar-refractivity contribution in [2.45, 2.75) is 49.9 Å². The molecule has 3 N–H and O–H groups in total. The normalized spacial score (nSPS) is 17.4. The summed E-state index contributed by atoms with van der Waals surface area (Å²) in [6.45, 7) is 1.11. The number of ether oxygens (including phenoxy) is 1. The van der Waals surface area contributed by atoms with Crippen molar-refractivity contribution in [3.63, 3.8) is 0 Å². The molecule has 0 bridgehead atoms. The molecular weight excluding hydrogens is 796 g/mol. The Hall–Kier alpha value is -6.77. The highest BCUT2D eigenvalue weighted by Gasteiger charge is 2.38. The lowest BCUT2D eigenvalue weighted by atomic mass is 10.0. The van der Waals surface area contributed by atoms with Crippen molar-refractivity contribution in [3.05, 3.63) is 143 Å². The number of rotatable bonds is 13. The monoisotopic (exact) mass is 840 g/mol. The number of aliphatic imine (C=N–C) groups is 1. The number of aromatic amines is 2. The first kappa shape index (κ1) is 41.0. The lowest BCUT2D eigenvalue weighted by molar-refractivity contribution is -0.188. The molecule has 2 fully saturated rings. The number of likely N-dealkylation sites (tertiary alicyclic amines) is 2. The van der Waals surface area contributed by atoms with E-state index in [9.17, 15) is 14.4 Å². The predicted molar refractivity (Wildman–Crippen MR) is 230 cm³/mol. The van der Waals surface area contributed by atoms with E-state index in [4.69, 9.17) is 31.2 Å².